The summed E-state index contributed by atoms with van der Waals surface area (Å²) in [6, 6.07) is 13.4. The summed E-state index contributed by atoms with van der Waals surface area (Å²) in [4.78, 5) is 17.7. The molecule has 0 unspecified atom stereocenters. The zero-order valence-electron chi connectivity index (χ0n) is 15.5. The zero-order valence-corrected chi connectivity index (χ0v) is 15.5. The molecule has 0 spiro atoms. The minimum Gasteiger partial charge on any atom is -0.342 e. The Hall–Kier alpha value is -2.82. The summed E-state index contributed by atoms with van der Waals surface area (Å²) in [6.07, 6.45) is 8.34. The van der Waals surface area contributed by atoms with E-state index in [1.54, 1.807) is 6.20 Å². The molecule has 0 bridgehead atoms. The van der Waals surface area contributed by atoms with Crippen LogP contribution in [0.5, 0.6) is 0 Å². The van der Waals surface area contributed by atoms with E-state index < -0.39 is 0 Å². The third-order valence-electron chi connectivity index (χ3n) is 4.52. The molecule has 0 saturated heterocycles. The van der Waals surface area contributed by atoms with Gasteiger partial charge in [0.05, 0.1) is 0 Å². The third kappa shape index (κ3) is 4.04. The number of aryl methyl sites for hydroxylation is 1. The number of imidazole rings is 1. The summed E-state index contributed by atoms with van der Waals surface area (Å²) in [5.74, 6) is 1.24. The van der Waals surface area contributed by atoms with E-state index in [1.165, 1.54) is 0 Å². The summed E-state index contributed by atoms with van der Waals surface area (Å²) in [7, 11) is 1.95. The lowest BCUT2D eigenvalue weighted by Gasteiger charge is -2.25. The molecule has 3 rings (SSSR count). The molecule has 3 aromatic rings. The molecular weight excluding hydrogens is 324 g/mol. The monoisotopic (exact) mass is 350 g/mol. The third-order valence-corrected chi connectivity index (χ3v) is 4.52. The number of nitrogens with zero attached hydrogens (tertiary/aromatic N) is 3. The molecule has 0 aliphatic carbocycles. The molecule has 2 atom stereocenters. The van der Waals surface area contributed by atoms with Crippen LogP contribution in [0.4, 0.5) is 0 Å². The van der Waals surface area contributed by atoms with E-state index in [2.05, 4.69) is 24.1 Å². The molecule has 0 fully saturated rings. The minimum absolute atomic E-state index is 0.00625. The summed E-state index contributed by atoms with van der Waals surface area (Å²) in [6.45, 7) is 4.27. The highest BCUT2D eigenvalue weighted by atomic mass is 16.2. The highest BCUT2D eigenvalue weighted by molar-refractivity contribution is 5.81. The number of benzene rings is 1. The molecule has 1 aromatic carbocycles. The van der Waals surface area contributed by atoms with Gasteiger partial charge in [-0.05, 0) is 30.0 Å². The second-order valence-electron chi connectivity index (χ2n) is 7.02. The molecule has 0 aliphatic rings. The first-order valence-corrected chi connectivity index (χ1v) is 9.01. The first-order chi connectivity index (χ1) is 12.6. The Balaban J connectivity index is 1.90. The molecule has 136 valence electrons. The van der Waals surface area contributed by atoms with Gasteiger partial charge in [0, 0.05) is 31.8 Å². The van der Waals surface area contributed by atoms with Crippen LogP contribution in [-0.2, 0) is 11.8 Å². The molecule has 2 heterocycles. The predicted octanol–water partition coefficient (Wildman–Crippen LogP) is 3.71. The Morgan fingerprint density at radius 3 is 2.35 bits per heavy atom. The second kappa shape index (κ2) is 8.04. The van der Waals surface area contributed by atoms with E-state index in [-0.39, 0.29) is 18.0 Å². The number of aromatic nitrogens is 3. The van der Waals surface area contributed by atoms with Gasteiger partial charge in [0.15, 0.2) is 0 Å². The van der Waals surface area contributed by atoms with Gasteiger partial charge in [0.1, 0.15) is 17.9 Å². The van der Waals surface area contributed by atoms with Gasteiger partial charge in [0.25, 0.3) is 0 Å². The van der Waals surface area contributed by atoms with E-state index in [9.17, 15) is 4.79 Å². The molecule has 1 amide bonds. The molecule has 2 aromatic heterocycles. The number of hydrogen-bond donors (Lipinski definition) is 1. The maximum atomic E-state index is 13.2. The molecule has 26 heavy (non-hydrogen) atoms. The van der Waals surface area contributed by atoms with E-state index >= 15 is 0 Å². The van der Waals surface area contributed by atoms with E-state index in [0.717, 1.165) is 17.8 Å². The van der Waals surface area contributed by atoms with Gasteiger partial charge in [-0.25, -0.2) is 4.98 Å². The Morgan fingerprint density at radius 2 is 1.77 bits per heavy atom. The Morgan fingerprint density at radius 1 is 1.08 bits per heavy atom. The largest absolute Gasteiger partial charge is 0.342 e. The van der Waals surface area contributed by atoms with Gasteiger partial charge in [-0.1, -0.05) is 44.2 Å². The lowest BCUT2D eigenvalue weighted by molar-refractivity contribution is -0.125. The van der Waals surface area contributed by atoms with E-state index in [1.807, 2.05) is 77.2 Å². The number of hydrogen-bond acceptors (Lipinski definition) is 2. The number of nitrogens with one attached hydrogen (secondary N) is 1. The fourth-order valence-corrected chi connectivity index (χ4v) is 3.20. The van der Waals surface area contributed by atoms with Crippen molar-refractivity contribution in [3.05, 3.63) is 78.6 Å². The first kappa shape index (κ1) is 18.0. The second-order valence-corrected chi connectivity index (χ2v) is 7.02. The minimum atomic E-state index is -0.283. The SMILES string of the molecule is CC(C)C[C@H](C(=O)N[C@H](c1ccccc1)c1nccn1C)n1cccc1. The molecule has 0 aliphatic heterocycles. The quantitative estimate of drug-likeness (QED) is 0.706. The summed E-state index contributed by atoms with van der Waals surface area (Å²) in [5, 5.41) is 3.23. The molecule has 0 radical (unpaired) electrons. The van der Waals surface area contributed by atoms with Crippen molar-refractivity contribution in [1.29, 1.82) is 0 Å². The van der Waals surface area contributed by atoms with Crippen LogP contribution < -0.4 is 5.32 Å². The maximum absolute atomic E-state index is 13.2. The molecule has 5 heteroatoms. The Bertz CT molecular complexity index is 821. The van der Waals surface area contributed by atoms with Crippen LogP contribution in [0.3, 0.4) is 0 Å². The van der Waals surface area contributed by atoms with Crippen LogP contribution in [0.1, 0.15) is 43.7 Å². The van der Waals surface area contributed by atoms with Gasteiger partial charge >= 0.3 is 0 Å². The van der Waals surface area contributed by atoms with Crippen molar-refractivity contribution in [2.45, 2.75) is 32.4 Å². The number of carbonyl (C=O) groups is 1. The molecular formula is C21H26N4O. The van der Waals surface area contributed by atoms with Crippen molar-refractivity contribution in [1.82, 2.24) is 19.4 Å². The maximum Gasteiger partial charge on any atom is 0.243 e. The smallest absolute Gasteiger partial charge is 0.243 e. The molecule has 0 saturated carbocycles. The van der Waals surface area contributed by atoms with Gasteiger partial charge in [-0.3, -0.25) is 4.79 Å². The summed E-state index contributed by atoms with van der Waals surface area (Å²) >= 11 is 0. The summed E-state index contributed by atoms with van der Waals surface area (Å²) < 4.78 is 3.93. The van der Waals surface area contributed by atoms with Gasteiger partial charge in [0.2, 0.25) is 5.91 Å². The van der Waals surface area contributed by atoms with Gasteiger partial charge < -0.3 is 14.5 Å². The fourth-order valence-electron chi connectivity index (χ4n) is 3.20. The highest BCUT2D eigenvalue weighted by Crippen LogP contribution is 2.24. The van der Waals surface area contributed by atoms with Crippen molar-refractivity contribution < 1.29 is 4.79 Å². The van der Waals surface area contributed by atoms with Crippen molar-refractivity contribution in [3.63, 3.8) is 0 Å². The Kier molecular flexibility index (Phi) is 5.56. The van der Waals surface area contributed by atoms with Gasteiger partial charge in [-0.15, -0.1) is 0 Å². The van der Waals surface area contributed by atoms with E-state index in [0.29, 0.717) is 5.92 Å². The van der Waals surface area contributed by atoms with Crippen LogP contribution in [0.2, 0.25) is 0 Å². The predicted molar refractivity (Wildman–Crippen MR) is 103 cm³/mol. The zero-order chi connectivity index (χ0) is 18.5. The van der Waals surface area contributed by atoms with Crippen molar-refractivity contribution in [3.8, 4) is 0 Å². The van der Waals surface area contributed by atoms with Crippen LogP contribution >= 0.6 is 0 Å². The normalized spacial score (nSPS) is 13.5. The molecule has 1 N–H and O–H groups in total. The molecule has 5 nitrogen and oxygen atoms in total. The Labute approximate surface area is 154 Å². The van der Waals surface area contributed by atoms with Crippen LogP contribution in [0.25, 0.3) is 0 Å². The number of carbonyl (C=O) groups excluding carboxylic acids is 1. The lowest BCUT2D eigenvalue weighted by atomic mass is 10.0. The lowest BCUT2D eigenvalue weighted by Crippen LogP contribution is -2.37. The van der Waals surface area contributed by atoms with Crippen molar-refractivity contribution >= 4 is 5.91 Å². The number of rotatable bonds is 7. The summed E-state index contributed by atoms with van der Waals surface area (Å²) in [5.41, 5.74) is 1.02. The van der Waals surface area contributed by atoms with Crippen molar-refractivity contribution in [2.75, 3.05) is 0 Å². The average Bonchev–Trinajstić information content (AvgIpc) is 3.30. The van der Waals surface area contributed by atoms with Crippen LogP contribution in [0.15, 0.2) is 67.3 Å². The fraction of sp³-hybridized carbons (Fsp3) is 0.333. The number of amides is 1. The first-order valence-electron chi connectivity index (χ1n) is 9.01. The standard InChI is InChI=1S/C21H26N4O/c1-16(2)15-18(25-12-7-8-13-25)21(26)23-19(17-9-5-4-6-10-17)20-22-11-14-24(20)3/h4-14,16,18-19H,15H2,1-3H3,(H,23,26)/t18-,19-/m1/s1. The van der Waals surface area contributed by atoms with Crippen LogP contribution in [0, 0.1) is 5.92 Å². The van der Waals surface area contributed by atoms with Crippen molar-refractivity contribution in [2.24, 2.45) is 13.0 Å². The van der Waals surface area contributed by atoms with E-state index in [4.69, 9.17) is 0 Å². The van der Waals surface area contributed by atoms with Gasteiger partial charge in [-0.2, -0.15) is 0 Å². The highest BCUT2D eigenvalue weighted by Gasteiger charge is 2.26. The van der Waals surface area contributed by atoms with Crippen LogP contribution in [-0.4, -0.2) is 20.0 Å². The topological polar surface area (TPSA) is 51.9 Å². The average molecular weight is 350 g/mol.